The van der Waals surface area contributed by atoms with Gasteiger partial charge in [0.15, 0.2) is 5.88 Å². The number of rotatable bonds is 4. The van der Waals surface area contributed by atoms with E-state index < -0.39 is 5.91 Å². The molecule has 1 fully saturated rings. The van der Waals surface area contributed by atoms with Gasteiger partial charge in [0.2, 0.25) is 0 Å². The lowest BCUT2D eigenvalue weighted by Gasteiger charge is -2.25. The summed E-state index contributed by atoms with van der Waals surface area (Å²) < 4.78 is 6.64. The van der Waals surface area contributed by atoms with Crippen LogP contribution in [0.15, 0.2) is 50.9 Å². The molecule has 0 aliphatic carbocycles. The lowest BCUT2D eigenvalue weighted by Crippen LogP contribution is -2.28. The summed E-state index contributed by atoms with van der Waals surface area (Å²) in [6, 6.07) is 12.8. The van der Waals surface area contributed by atoms with E-state index in [-0.39, 0.29) is 5.57 Å². The molecule has 6 heteroatoms. The lowest BCUT2D eigenvalue weighted by atomic mass is 10.1. The highest BCUT2D eigenvalue weighted by molar-refractivity contribution is 9.10. The second-order valence-electron chi connectivity index (χ2n) is 5.86. The first-order valence-electron chi connectivity index (χ1n) is 8.19. The Kier molecular flexibility index (Phi) is 5.56. The number of hydrogen-bond acceptors (Lipinski definition) is 4. The topological polar surface area (TPSA) is 69.3 Å². The van der Waals surface area contributed by atoms with Gasteiger partial charge in [0.25, 0.3) is 5.91 Å². The van der Waals surface area contributed by atoms with E-state index in [2.05, 4.69) is 26.1 Å². The monoisotopic (exact) mass is 399 g/mol. The number of halogens is 1. The van der Waals surface area contributed by atoms with Crippen molar-refractivity contribution in [3.05, 3.63) is 52.2 Å². The molecule has 0 spiro atoms. The Bertz CT molecular complexity index is 829. The fraction of sp³-hybridized carbons (Fsp3) is 0.263. The second-order valence-corrected chi connectivity index (χ2v) is 6.77. The van der Waals surface area contributed by atoms with Gasteiger partial charge in [-0.2, -0.15) is 5.26 Å². The number of nitriles is 1. The van der Waals surface area contributed by atoms with Crippen molar-refractivity contribution in [1.82, 2.24) is 0 Å². The van der Waals surface area contributed by atoms with Crippen LogP contribution in [0.5, 0.6) is 0 Å². The summed E-state index contributed by atoms with van der Waals surface area (Å²) in [5.41, 5.74) is 0.619. The number of nitrogens with one attached hydrogen (secondary N) is 1. The van der Waals surface area contributed by atoms with Gasteiger partial charge < -0.3 is 14.6 Å². The van der Waals surface area contributed by atoms with Crippen molar-refractivity contribution in [2.45, 2.75) is 19.3 Å². The quantitative estimate of drug-likeness (QED) is 0.603. The number of benzene rings is 1. The Labute approximate surface area is 155 Å². The van der Waals surface area contributed by atoms with E-state index >= 15 is 0 Å². The van der Waals surface area contributed by atoms with Crippen LogP contribution in [-0.2, 0) is 4.79 Å². The van der Waals surface area contributed by atoms with Crippen molar-refractivity contribution >= 4 is 39.5 Å². The SMILES string of the molecule is N#C/C(=C\c1ccc(N2CCCCC2)o1)C(=O)Nc1cccc(Br)c1. The van der Waals surface area contributed by atoms with Gasteiger partial charge in [0.1, 0.15) is 17.4 Å². The predicted octanol–water partition coefficient (Wildman–Crippen LogP) is 4.58. The Hall–Kier alpha value is -2.52. The maximum Gasteiger partial charge on any atom is 0.266 e. The molecule has 2 heterocycles. The zero-order chi connectivity index (χ0) is 17.6. The number of hydrogen-bond donors (Lipinski definition) is 1. The highest BCUT2D eigenvalue weighted by Gasteiger charge is 2.15. The number of anilines is 2. The number of carbonyl (C=O) groups is 1. The van der Waals surface area contributed by atoms with E-state index in [1.165, 1.54) is 12.5 Å². The molecule has 0 radical (unpaired) electrons. The van der Waals surface area contributed by atoms with Crippen LogP contribution in [0.1, 0.15) is 25.0 Å². The number of furan rings is 1. The molecule has 5 nitrogen and oxygen atoms in total. The summed E-state index contributed by atoms with van der Waals surface area (Å²) >= 11 is 3.35. The molecule has 1 amide bonds. The molecule has 1 aromatic carbocycles. The van der Waals surface area contributed by atoms with Gasteiger partial charge in [-0.15, -0.1) is 0 Å². The molecule has 1 aliphatic rings. The molecule has 1 aliphatic heterocycles. The maximum atomic E-state index is 12.3. The number of piperidine rings is 1. The van der Waals surface area contributed by atoms with Crippen LogP contribution in [0.2, 0.25) is 0 Å². The van der Waals surface area contributed by atoms with Crippen molar-refractivity contribution in [3.8, 4) is 6.07 Å². The number of carbonyl (C=O) groups excluding carboxylic acids is 1. The van der Waals surface area contributed by atoms with E-state index in [0.29, 0.717) is 11.4 Å². The van der Waals surface area contributed by atoms with Crippen molar-refractivity contribution in [2.75, 3.05) is 23.3 Å². The average Bonchev–Trinajstić information content (AvgIpc) is 3.09. The molecule has 25 heavy (non-hydrogen) atoms. The molecular formula is C19H18BrN3O2. The fourth-order valence-electron chi connectivity index (χ4n) is 2.76. The highest BCUT2D eigenvalue weighted by atomic mass is 79.9. The molecular weight excluding hydrogens is 382 g/mol. The minimum absolute atomic E-state index is 0.000445. The molecule has 0 unspecified atom stereocenters. The predicted molar refractivity (Wildman–Crippen MR) is 101 cm³/mol. The molecule has 0 saturated carbocycles. The summed E-state index contributed by atoms with van der Waals surface area (Å²) in [6.45, 7) is 1.95. The van der Waals surface area contributed by atoms with Crippen LogP contribution in [0.3, 0.4) is 0 Å². The fourth-order valence-corrected chi connectivity index (χ4v) is 3.16. The third-order valence-corrected chi connectivity index (χ3v) is 4.51. The first kappa shape index (κ1) is 17.3. The van der Waals surface area contributed by atoms with Gasteiger partial charge in [0, 0.05) is 35.4 Å². The van der Waals surface area contributed by atoms with E-state index in [4.69, 9.17) is 4.42 Å². The molecule has 1 aromatic heterocycles. The van der Waals surface area contributed by atoms with E-state index in [0.717, 1.165) is 36.3 Å². The van der Waals surface area contributed by atoms with Gasteiger partial charge >= 0.3 is 0 Å². The van der Waals surface area contributed by atoms with Gasteiger partial charge in [-0.05, 0) is 43.5 Å². The van der Waals surface area contributed by atoms with Gasteiger partial charge in [-0.1, -0.05) is 22.0 Å². The summed E-state index contributed by atoms with van der Waals surface area (Å²) in [7, 11) is 0. The van der Waals surface area contributed by atoms with Crippen LogP contribution < -0.4 is 10.2 Å². The van der Waals surface area contributed by atoms with Crippen LogP contribution in [-0.4, -0.2) is 19.0 Å². The van der Waals surface area contributed by atoms with Gasteiger partial charge in [0.05, 0.1) is 0 Å². The lowest BCUT2D eigenvalue weighted by molar-refractivity contribution is -0.112. The molecule has 2 aromatic rings. The average molecular weight is 400 g/mol. The van der Waals surface area contributed by atoms with Crippen molar-refractivity contribution < 1.29 is 9.21 Å². The Morgan fingerprint density at radius 1 is 1.24 bits per heavy atom. The smallest absolute Gasteiger partial charge is 0.266 e. The summed E-state index contributed by atoms with van der Waals surface area (Å²) in [5.74, 6) is 0.827. The zero-order valence-electron chi connectivity index (χ0n) is 13.7. The first-order valence-corrected chi connectivity index (χ1v) is 8.98. The maximum absolute atomic E-state index is 12.3. The minimum atomic E-state index is -0.462. The second kappa shape index (κ2) is 8.04. The third-order valence-electron chi connectivity index (χ3n) is 4.01. The van der Waals surface area contributed by atoms with E-state index in [1.54, 1.807) is 18.2 Å². The Balaban J connectivity index is 1.72. The van der Waals surface area contributed by atoms with Gasteiger partial charge in [-0.25, -0.2) is 0 Å². The summed E-state index contributed by atoms with van der Waals surface area (Å²) in [6.07, 6.45) is 5.04. The molecule has 0 atom stereocenters. The molecule has 1 saturated heterocycles. The molecule has 128 valence electrons. The number of nitrogens with zero attached hydrogens (tertiary/aromatic N) is 2. The van der Waals surface area contributed by atoms with Crippen LogP contribution >= 0.6 is 15.9 Å². The summed E-state index contributed by atoms with van der Waals surface area (Å²) in [4.78, 5) is 14.5. The van der Waals surface area contributed by atoms with Crippen molar-refractivity contribution in [2.24, 2.45) is 0 Å². The van der Waals surface area contributed by atoms with Crippen molar-refractivity contribution in [1.29, 1.82) is 5.26 Å². The molecule has 0 bridgehead atoms. The Morgan fingerprint density at radius 2 is 2.04 bits per heavy atom. The van der Waals surface area contributed by atoms with Crippen LogP contribution in [0.25, 0.3) is 6.08 Å². The summed E-state index contributed by atoms with van der Waals surface area (Å²) in [5, 5.41) is 12.0. The standard InChI is InChI=1S/C19H18BrN3O2/c20-15-5-4-6-16(12-15)22-19(24)14(13-21)11-17-7-8-18(25-17)23-9-2-1-3-10-23/h4-8,11-12H,1-3,9-10H2,(H,22,24)/b14-11+. The third kappa shape index (κ3) is 4.52. The minimum Gasteiger partial charge on any atom is -0.441 e. The first-order chi connectivity index (χ1) is 12.2. The zero-order valence-corrected chi connectivity index (χ0v) is 15.3. The van der Waals surface area contributed by atoms with Gasteiger partial charge in [-0.3, -0.25) is 4.79 Å². The highest BCUT2D eigenvalue weighted by Crippen LogP contribution is 2.24. The molecule has 3 rings (SSSR count). The van der Waals surface area contributed by atoms with Crippen molar-refractivity contribution in [3.63, 3.8) is 0 Å². The number of amides is 1. The normalized spacial score (nSPS) is 14.9. The van der Waals surface area contributed by atoms with E-state index in [1.807, 2.05) is 24.3 Å². The largest absolute Gasteiger partial charge is 0.441 e. The molecule has 1 N–H and O–H groups in total. The Morgan fingerprint density at radius 3 is 2.76 bits per heavy atom. The van der Waals surface area contributed by atoms with E-state index in [9.17, 15) is 10.1 Å². The van der Waals surface area contributed by atoms with Crippen LogP contribution in [0, 0.1) is 11.3 Å². The van der Waals surface area contributed by atoms with Crippen LogP contribution in [0.4, 0.5) is 11.6 Å².